The first kappa shape index (κ1) is 19.1. The number of carbonyl (C=O) groups is 2. The van der Waals surface area contributed by atoms with Gasteiger partial charge in [0.2, 0.25) is 11.8 Å². The van der Waals surface area contributed by atoms with Crippen LogP contribution in [0, 0.1) is 0 Å². The van der Waals surface area contributed by atoms with Crippen molar-refractivity contribution in [2.75, 3.05) is 24.4 Å². The lowest BCUT2D eigenvalue weighted by Crippen LogP contribution is -2.11. The zero-order valence-electron chi connectivity index (χ0n) is 15.0. The van der Waals surface area contributed by atoms with Crippen LogP contribution in [0.25, 0.3) is 6.08 Å². The zero-order valence-corrected chi connectivity index (χ0v) is 15.0. The summed E-state index contributed by atoms with van der Waals surface area (Å²) in [6.07, 6.45) is 3.10. The van der Waals surface area contributed by atoms with E-state index in [0.717, 1.165) is 5.56 Å². The first-order valence-corrected chi connectivity index (χ1v) is 8.20. The summed E-state index contributed by atoms with van der Waals surface area (Å²) in [5.74, 6) is 0.689. The number of hydrogen-bond donors (Lipinski definition) is 2. The number of carbonyl (C=O) groups excluding carboxylic acids is 2. The molecule has 0 saturated heterocycles. The van der Waals surface area contributed by atoms with Gasteiger partial charge >= 0.3 is 0 Å². The van der Waals surface area contributed by atoms with Crippen LogP contribution < -0.4 is 20.1 Å². The molecule has 0 aliphatic heterocycles. The number of amides is 2. The third kappa shape index (κ3) is 5.37. The van der Waals surface area contributed by atoms with E-state index in [9.17, 15) is 9.59 Å². The Kier molecular flexibility index (Phi) is 6.79. The van der Waals surface area contributed by atoms with Crippen molar-refractivity contribution in [3.8, 4) is 11.5 Å². The highest BCUT2D eigenvalue weighted by atomic mass is 16.5. The van der Waals surface area contributed by atoms with Crippen LogP contribution in [0.4, 0.5) is 11.4 Å². The number of ether oxygens (including phenoxy) is 2. The Labute approximate surface area is 152 Å². The summed E-state index contributed by atoms with van der Waals surface area (Å²) in [6.45, 7) is 3.87. The molecule has 0 aromatic heterocycles. The minimum Gasteiger partial charge on any atom is -0.495 e. The molecular formula is C20H22N2O4. The maximum Gasteiger partial charge on any atom is 0.248 e. The lowest BCUT2D eigenvalue weighted by molar-refractivity contribution is -0.114. The second-order valence-electron chi connectivity index (χ2n) is 5.39. The van der Waals surface area contributed by atoms with Crippen LogP contribution in [-0.4, -0.2) is 25.5 Å². The standard InChI is InChI=1S/C20H22N2O4/c1-4-26-18-8-6-5-7-15(18)9-12-20(24)22-17-13-16(21-14(2)23)10-11-19(17)25-3/h5-13H,4H2,1-3H3,(H,21,23)(H,22,24)/b12-9+. The van der Waals surface area contributed by atoms with Crippen molar-refractivity contribution in [3.05, 3.63) is 54.1 Å². The minimum absolute atomic E-state index is 0.195. The van der Waals surface area contributed by atoms with E-state index in [4.69, 9.17) is 9.47 Å². The lowest BCUT2D eigenvalue weighted by Gasteiger charge is -2.11. The fraction of sp³-hybridized carbons (Fsp3) is 0.200. The number of hydrogen-bond acceptors (Lipinski definition) is 4. The van der Waals surface area contributed by atoms with Gasteiger partial charge in [0.1, 0.15) is 11.5 Å². The van der Waals surface area contributed by atoms with Crippen LogP contribution in [0.3, 0.4) is 0 Å². The largest absolute Gasteiger partial charge is 0.495 e. The van der Waals surface area contributed by atoms with Crippen LogP contribution in [0.1, 0.15) is 19.4 Å². The summed E-state index contributed by atoms with van der Waals surface area (Å²) < 4.78 is 10.8. The summed E-state index contributed by atoms with van der Waals surface area (Å²) in [6, 6.07) is 12.5. The molecule has 0 saturated carbocycles. The third-order valence-corrected chi connectivity index (χ3v) is 3.41. The molecule has 0 heterocycles. The Hall–Kier alpha value is -3.28. The summed E-state index contributed by atoms with van der Waals surface area (Å²) in [7, 11) is 1.51. The second-order valence-corrected chi connectivity index (χ2v) is 5.39. The third-order valence-electron chi connectivity index (χ3n) is 3.41. The van der Waals surface area contributed by atoms with Crippen molar-refractivity contribution >= 4 is 29.3 Å². The maximum atomic E-state index is 12.3. The Morgan fingerprint density at radius 1 is 1.08 bits per heavy atom. The summed E-state index contributed by atoms with van der Waals surface area (Å²) in [4.78, 5) is 23.5. The minimum atomic E-state index is -0.324. The van der Waals surface area contributed by atoms with Crippen molar-refractivity contribution < 1.29 is 19.1 Å². The fourth-order valence-electron chi connectivity index (χ4n) is 2.33. The Morgan fingerprint density at radius 3 is 2.54 bits per heavy atom. The molecule has 0 atom stereocenters. The van der Waals surface area contributed by atoms with E-state index in [2.05, 4.69) is 10.6 Å². The molecule has 0 spiro atoms. The van der Waals surface area contributed by atoms with E-state index in [-0.39, 0.29) is 11.8 Å². The van der Waals surface area contributed by atoms with Gasteiger partial charge in [-0.3, -0.25) is 9.59 Å². The average Bonchev–Trinajstić information content (AvgIpc) is 2.61. The molecule has 6 heteroatoms. The molecule has 2 amide bonds. The number of nitrogens with one attached hydrogen (secondary N) is 2. The van der Waals surface area contributed by atoms with Gasteiger partial charge in [-0.15, -0.1) is 0 Å². The van der Waals surface area contributed by atoms with Crippen molar-refractivity contribution in [2.45, 2.75) is 13.8 Å². The van der Waals surface area contributed by atoms with Gasteiger partial charge in [0.25, 0.3) is 0 Å². The normalized spacial score (nSPS) is 10.4. The summed E-state index contributed by atoms with van der Waals surface area (Å²) in [5.41, 5.74) is 1.84. The van der Waals surface area contributed by atoms with Crippen molar-refractivity contribution in [1.82, 2.24) is 0 Å². The fourth-order valence-corrected chi connectivity index (χ4v) is 2.33. The summed E-state index contributed by atoms with van der Waals surface area (Å²) in [5, 5.41) is 5.42. The Balaban J connectivity index is 2.15. The van der Waals surface area contributed by atoms with E-state index in [1.807, 2.05) is 31.2 Å². The van der Waals surface area contributed by atoms with E-state index >= 15 is 0 Å². The van der Waals surface area contributed by atoms with Gasteiger partial charge in [-0.1, -0.05) is 18.2 Å². The van der Waals surface area contributed by atoms with Gasteiger partial charge in [-0.05, 0) is 37.3 Å². The van der Waals surface area contributed by atoms with Gasteiger partial charge in [0.05, 0.1) is 19.4 Å². The molecule has 2 rings (SSSR count). The van der Waals surface area contributed by atoms with Gasteiger partial charge < -0.3 is 20.1 Å². The monoisotopic (exact) mass is 354 g/mol. The topological polar surface area (TPSA) is 76.7 Å². The van der Waals surface area contributed by atoms with E-state index in [1.54, 1.807) is 24.3 Å². The molecule has 0 bridgehead atoms. The zero-order chi connectivity index (χ0) is 18.9. The molecule has 2 aromatic rings. The van der Waals surface area contributed by atoms with E-state index < -0.39 is 0 Å². The number of anilines is 2. The number of para-hydroxylation sites is 1. The van der Waals surface area contributed by atoms with Crippen LogP contribution in [0.15, 0.2) is 48.5 Å². The summed E-state index contributed by atoms with van der Waals surface area (Å²) >= 11 is 0. The smallest absolute Gasteiger partial charge is 0.248 e. The van der Waals surface area contributed by atoms with Crippen LogP contribution >= 0.6 is 0 Å². The van der Waals surface area contributed by atoms with E-state index in [1.165, 1.54) is 20.1 Å². The lowest BCUT2D eigenvalue weighted by atomic mass is 10.2. The average molecular weight is 354 g/mol. The SMILES string of the molecule is CCOc1ccccc1/C=C/C(=O)Nc1cc(NC(C)=O)ccc1OC. The highest BCUT2D eigenvalue weighted by Crippen LogP contribution is 2.28. The molecule has 0 fully saturated rings. The van der Waals surface area contributed by atoms with E-state index in [0.29, 0.717) is 29.5 Å². The molecule has 2 aromatic carbocycles. The molecule has 0 radical (unpaired) electrons. The van der Waals surface area contributed by atoms with Gasteiger partial charge in [0, 0.05) is 24.3 Å². The van der Waals surface area contributed by atoms with Crippen molar-refractivity contribution in [3.63, 3.8) is 0 Å². The molecule has 0 aliphatic carbocycles. The Bertz CT molecular complexity index is 815. The highest BCUT2D eigenvalue weighted by molar-refractivity contribution is 6.03. The predicted molar refractivity (Wildman–Crippen MR) is 103 cm³/mol. The van der Waals surface area contributed by atoms with Crippen molar-refractivity contribution in [1.29, 1.82) is 0 Å². The molecule has 0 aliphatic rings. The van der Waals surface area contributed by atoms with Crippen LogP contribution in [0.2, 0.25) is 0 Å². The first-order chi connectivity index (χ1) is 12.5. The van der Waals surface area contributed by atoms with Gasteiger partial charge in [-0.25, -0.2) is 0 Å². The molecule has 2 N–H and O–H groups in total. The second kappa shape index (κ2) is 9.27. The van der Waals surface area contributed by atoms with Crippen LogP contribution in [0.5, 0.6) is 11.5 Å². The number of rotatable bonds is 7. The number of benzene rings is 2. The van der Waals surface area contributed by atoms with Gasteiger partial charge in [0.15, 0.2) is 0 Å². The maximum absolute atomic E-state index is 12.3. The van der Waals surface area contributed by atoms with Gasteiger partial charge in [-0.2, -0.15) is 0 Å². The number of methoxy groups -OCH3 is 1. The van der Waals surface area contributed by atoms with Crippen molar-refractivity contribution in [2.24, 2.45) is 0 Å². The molecule has 26 heavy (non-hydrogen) atoms. The molecule has 136 valence electrons. The molecular weight excluding hydrogens is 332 g/mol. The van der Waals surface area contributed by atoms with Crippen LogP contribution in [-0.2, 0) is 9.59 Å². The highest BCUT2D eigenvalue weighted by Gasteiger charge is 2.08. The molecule has 6 nitrogen and oxygen atoms in total. The quantitative estimate of drug-likeness (QED) is 0.743. The molecule has 0 unspecified atom stereocenters. The first-order valence-electron chi connectivity index (χ1n) is 8.20. The Morgan fingerprint density at radius 2 is 1.85 bits per heavy atom. The predicted octanol–water partition coefficient (Wildman–Crippen LogP) is 3.70.